The average molecular weight is 257 g/mol. The molecule has 0 aliphatic rings. The summed E-state index contributed by atoms with van der Waals surface area (Å²) in [5.74, 6) is 0. The minimum Gasteiger partial charge on any atom is -0.399 e. The number of sulfonamides is 1. The summed E-state index contributed by atoms with van der Waals surface area (Å²) in [6, 6.07) is 3.08. The van der Waals surface area contributed by atoms with Gasteiger partial charge in [0, 0.05) is 16.9 Å². The van der Waals surface area contributed by atoms with Crippen LogP contribution in [0.5, 0.6) is 0 Å². The van der Waals surface area contributed by atoms with Crippen molar-refractivity contribution in [1.82, 2.24) is 0 Å². The molecule has 0 radical (unpaired) electrons. The highest BCUT2D eigenvalue weighted by molar-refractivity contribution is 7.89. The van der Waals surface area contributed by atoms with Gasteiger partial charge in [-0.2, -0.15) is 0 Å². The predicted octanol–water partition coefficient (Wildman–Crippen LogP) is 1.44. The number of anilines is 2. The summed E-state index contributed by atoms with van der Waals surface area (Å²) in [5, 5.41) is 8.35. The van der Waals surface area contributed by atoms with Gasteiger partial charge in [-0.25, -0.2) is 13.6 Å². The predicted molar refractivity (Wildman–Crippen MR) is 70.3 cm³/mol. The van der Waals surface area contributed by atoms with Crippen LogP contribution in [-0.4, -0.2) is 14.0 Å². The maximum absolute atomic E-state index is 11.4. The maximum Gasteiger partial charge on any atom is 0.238 e. The Balaban J connectivity index is 3.40. The molecule has 6 heteroatoms. The van der Waals surface area contributed by atoms with Crippen molar-refractivity contribution >= 4 is 21.4 Å². The van der Waals surface area contributed by atoms with Crippen LogP contribution in [0.4, 0.5) is 11.4 Å². The Morgan fingerprint density at radius 2 is 1.76 bits per heavy atom. The van der Waals surface area contributed by atoms with Crippen molar-refractivity contribution in [3.63, 3.8) is 0 Å². The highest BCUT2D eigenvalue weighted by Crippen LogP contribution is 2.28. The fraction of sp³-hybridized carbons (Fsp3) is 0.455. The lowest BCUT2D eigenvalue weighted by molar-refractivity contribution is 0.596. The molecule has 17 heavy (non-hydrogen) atoms. The smallest absolute Gasteiger partial charge is 0.238 e. The second-order valence-corrected chi connectivity index (χ2v) is 6.64. The van der Waals surface area contributed by atoms with E-state index in [1.807, 2.05) is 20.8 Å². The van der Waals surface area contributed by atoms with Gasteiger partial charge in [0.15, 0.2) is 0 Å². The third kappa shape index (κ3) is 3.61. The first-order valence-electron chi connectivity index (χ1n) is 5.22. The molecule has 1 aromatic carbocycles. The van der Waals surface area contributed by atoms with Gasteiger partial charge in [0.2, 0.25) is 10.0 Å². The zero-order valence-electron chi connectivity index (χ0n) is 10.5. The van der Waals surface area contributed by atoms with Crippen molar-refractivity contribution in [2.24, 2.45) is 5.14 Å². The van der Waals surface area contributed by atoms with E-state index in [-0.39, 0.29) is 10.4 Å². The van der Waals surface area contributed by atoms with Crippen molar-refractivity contribution < 1.29 is 8.42 Å². The van der Waals surface area contributed by atoms with Gasteiger partial charge in [0.05, 0.1) is 4.90 Å². The standard InChI is InChI=1S/C11H19N3O2S/c1-7-9(14-11(2,3)4)5-8(12)6-10(7)17(13,15)16/h5-6,14H,12H2,1-4H3,(H2,13,15,16). The van der Waals surface area contributed by atoms with Gasteiger partial charge in [-0.3, -0.25) is 0 Å². The van der Waals surface area contributed by atoms with Gasteiger partial charge < -0.3 is 11.1 Å². The van der Waals surface area contributed by atoms with Crippen molar-refractivity contribution in [2.45, 2.75) is 38.1 Å². The summed E-state index contributed by atoms with van der Waals surface area (Å²) in [5.41, 5.74) is 7.13. The molecule has 0 saturated carbocycles. The number of nitrogen functional groups attached to an aromatic ring is 1. The number of primary sulfonamides is 1. The summed E-state index contributed by atoms with van der Waals surface area (Å²) in [4.78, 5) is 0.0595. The molecule has 0 amide bonds. The average Bonchev–Trinajstić information content (AvgIpc) is 2.06. The van der Waals surface area contributed by atoms with E-state index in [9.17, 15) is 8.42 Å². The summed E-state index contributed by atoms with van der Waals surface area (Å²) in [6.45, 7) is 7.64. The first-order valence-corrected chi connectivity index (χ1v) is 6.76. The van der Waals surface area contributed by atoms with Crippen LogP contribution in [0.3, 0.4) is 0 Å². The molecule has 0 atom stereocenters. The summed E-state index contributed by atoms with van der Waals surface area (Å²) >= 11 is 0. The largest absolute Gasteiger partial charge is 0.399 e. The van der Waals surface area contributed by atoms with Crippen LogP contribution >= 0.6 is 0 Å². The summed E-state index contributed by atoms with van der Waals surface area (Å²) < 4.78 is 22.8. The van der Waals surface area contributed by atoms with E-state index in [1.165, 1.54) is 6.07 Å². The molecular formula is C11H19N3O2S. The first kappa shape index (κ1) is 13.8. The monoisotopic (exact) mass is 257 g/mol. The number of hydrogen-bond acceptors (Lipinski definition) is 4. The molecule has 0 aliphatic heterocycles. The topological polar surface area (TPSA) is 98.2 Å². The molecule has 0 unspecified atom stereocenters. The Bertz CT molecular complexity index is 530. The van der Waals surface area contributed by atoms with Gasteiger partial charge in [0.25, 0.3) is 0 Å². The Morgan fingerprint density at radius 1 is 1.24 bits per heavy atom. The Morgan fingerprint density at radius 3 is 2.18 bits per heavy atom. The molecule has 0 fully saturated rings. The molecule has 0 spiro atoms. The fourth-order valence-electron chi connectivity index (χ4n) is 1.54. The second kappa shape index (κ2) is 4.19. The van der Waals surface area contributed by atoms with Gasteiger partial charge in [-0.15, -0.1) is 0 Å². The SMILES string of the molecule is Cc1c(NC(C)(C)C)cc(N)cc1S(N)(=O)=O. The molecule has 0 heterocycles. The lowest BCUT2D eigenvalue weighted by Crippen LogP contribution is -2.27. The van der Waals surface area contributed by atoms with E-state index in [0.29, 0.717) is 16.9 Å². The molecule has 0 aliphatic carbocycles. The van der Waals surface area contributed by atoms with E-state index in [2.05, 4.69) is 5.32 Å². The van der Waals surface area contributed by atoms with Gasteiger partial charge in [0.1, 0.15) is 0 Å². The molecule has 96 valence electrons. The molecule has 5 N–H and O–H groups in total. The minimum atomic E-state index is -3.75. The van der Waals surface area contributed by atoms with Crippen LogP contribution in [0.1, 0.15) is 26.3 Å². The zero-order chi connectivity index (χ0) is 13.4. The highest BCUT2D eigenvalue weighted by atomic mass is 32.2. The van der Waals surface area contributed by atoms with E-state index in [1.54, 1.807) is 13.0 Å². The van der Waals surface area contributed by atoms with E-state index < -0.39 is 10.0 Å². The van der Waals surface area contributed by atoms with E-state index >= 15 is 0 Å². The van der Waals surface area contributed by atoms with Gasteiger partial charge in [-0.05, 0) is 45.4 Å². The minimum absolute atomic E-state index is 0.0595. The van der Waals surface area contributed by atoms with Crippen LogP contribution in [0.25, 0.3) is 0 Å². The van der Waals surface area contributed by atoms with Crippen LogP contribution in [-0.2, 0) is 10.0 Å². The zero-order valence-corrected chi connectivity index (χ0v) is 11.4. The van der Waals surface area contributed by atoms with Crippen molar-refractivity contribution in [2.75, 3.05) is 11.1 Å². The van der Waals surface area contributed by atoms with Gasteiger partial charge in [-0.1, -0.05) is 0 Å². The van der Waals surface area contributed by atoms with E-state index in [4.69, 9.17) is 10.9 Å². The Hall–Kier alpha value is -1.27. The van der Waals surface area contributed by atoms with Crippen LogP contribution < -0.4 is 16.2 Å². The fourth-order valence-corrected chi connectivity index (χ4v) is 2.38. The molecule has 0 aromatic heterocycles. The van der Waals surface area contributed by atoms with Gasteiger partial charge >= 0.3 is 0 Å². The number of hydrogen-bond donors (Lipinski definition) is 3. The molecular weight excluding hydrogens is 238 g/mol. The van der Waals surface area contributed by atoms with Crippen LogP contribution in [0.2, 0.25) is 0 Å². The number of nitrogens with two attached hydrogens (primary N) is 2. The quantitative estimate of drug-likeness (QED) is 0.698. The Kier molecular flexibility index (Phi) is 3.40. The van der Waals surface area contributed by atoms with Crippen LogP contribution in [0, 0.1) is 6.92 Å². The van der Waals surface area contributed by atoms with Crippen molar-refractivity contribution in [1.29, 1.82) is 0 Å². The normalized spacial score (nSPS) is 12.5. The van der Waals surface area contributed by atoms with E-state index in [0.717, 1.165) is 0 Å². The lowest BCUT2D eigenvalue weighted by atomic mass is 10.1. The highest BCUT2D eigenvalue weighted by Gasteiger charge is 2.18. The molecule has 1 rings (SSSR count). The third-order valence-corrected chi connectivity index (χ3v) is 3.24. The first-order chi connectivity index (χ1) is 7.50. The number of benzene rings is 1. The lowest BCUT2D eigenvalue weighted by Gasteiger charge is -2.24. The molecule has 5 nitrogen and oxygen atoms in total. The molecule has 1 aromatic rings. The van der Waals surface area contributed by atoms with Crippen molar-refractivity contribution in [3.05, 3.63) is 17.7 Å². The van der Waals surface area contributed by atoms with Crippen LogP contribution in [0.15, 0.2) is 17.0 Å². The molecule has 0 bridgehead atoms. The Labute approximate surface area is 102 Å². The maximum atomic E-state index is 11.4. The third-order valence-electron chi connectivity index (χ3n) is 2.20. The molecule has 0 saturated heterocycles. The number of nitrogens with one attached hydrogen (secondary N) is 1. The summed E-state index contributed by atoms with van der Waals surface area (Å²) in [6.07, 6.45) is 0. The summed E-state index contributed by atoms with van der Waals surface area (Å²) in [7, 11) is -3.75. The number of rotatable bonds is 2. The van der Waals surface area contributed by atoms with Crippen molar-refractivity contribution in [3.8, 4) is 0 Å². The second-order valence-electron chi connectivity index (χ2n) is 5.11.